The van der Waals surface area contributed by atoms with Crippen LogP contribution in [0.3, 0.4) is 0 Å². The van der Waals surface area contributed by atoms with E-state index in [0.717, 1.165) is 12.1 Å². The molecule has 3 rings (SSSR count). The van der Waals surface area contributed by atoms with Crippen LogP contribution in [0.5, 0.6) is 0 Å². The molecule has 26 heavy (non-hydrogen) atoms. The van der Waals surface area contributed by atoms with E-state index >= 15 is 0 Å². The zero-order chi connectivity index (χ0) is 18.5. The van der Waals surface area contributed by atoms with Gasteiger partial charge in [-0.2, -0.15) is 5.10 Å². The third kappa shape index (κ3) is 3.83. The Morgan fingerprint density at radius 1 is 1.27 bits per heavy atom. The lowest BCUT2D eigenvalue weighted by atomic mass is 10.2. The van der Waals surface area contributed by atoms with E-state index in [2.05, 4.69) is 10.4 Å². The number of methoxy groups -OCH3 is 1. The number of nitrogens with one attached hydrogen (secondary N) is 1. The number of ether oxygens (including phenoxy) is 1. The van der Waals surface area contributed by atoms with E-state index in [1.54, 1.807) is 25.3 Å². The molecule has 0 aliphatic heterocycles. The maximum absolute atomic E-state index is 13.3. The zero-order valence-corrected chi connectivity index (χ0v) is 14.8. The second kappa shape index (κ2) is 7.97. The number of carbonyl (C=O) groups excluding carboxylic acids is 1. The van der Waals surface area contributed by atoms with Crippen LogP contribution >= 0.6 is 0 Å². The van der Waals surface area contributed by atoms with E-state index in [0.29, 0.717) is 30.2 Å². The number of aryl methyl sites for hydroxylation is 1. The first-order valence-corrected chi connectivity index (χ1v) is 8.35. The summed E-state index contributed by atoms with van der Waals surface area (Å²) in [6, 6.07) is 11.5. The number of aromatic nitrogens is 3. The van der Waals surface area contributed by atoms with Crippen LogP contribution < -0.4 is 5.32 Å². The van der Waals surface area contributed by atoms with Gasteiger partial charge in [-0.15, -0.1) is 0 Å². The van der Waals surface area contributed by atoms with Gasteiger partial charge in [0.2, 0.25) is 0 Å². The van der Waals surface area contributed by atoms with Crippen molar-refractivity contribution in [1.29, 1.82) is 0 Å². The van der Waals surface area contributed by atoms with Crippen molar-refractivity contribution in [3.05, 3.63) is 60.2 Å². The third-order valence-corrected chi connectivity index (χ3v) is 4.03. The molecule has 0 fully saturated rings. The van der Waals surface area contributed by atoms with E-state index in [-0.39, 0.29) is 11.7 Å². The van der Waals surface area contributed by atoms with Crippen molar-refractivity contribution in [2.24, 2.45) is 7.05 Å². The molecule has 2 aromatic heterocycles. The summed E-state index contributed by atoms with van der Waals surface area (Å²) in [5.74, 6) is -0.576. The molecule has 0 aliphatic rings. The van der Waals surface area contributed by atoms with Crippen molar-refractivity contribution >= 4 is 5.91 Å². The lowest BCUT2D eigenvalue weighted by Crippen LogP contribution is -2.27. The van der Waals surface area contributed by atoms with Gasteiger partial charge in [0.25, 0.3) is 5.91 Å². The van der Waals surface area contributed by atoms with Gasteiger partial charge < -0.3 is 14.6 Å². The summed E-state index contributed by atoms with van der Waals surface area (Å²) in [4.78, 5) is 12.6. The number of benzene rings is 1. The molecule has 0 saturated heterocycles. The quantitative estimate of drug-likeness (QED) is 0.662. The fraction of sp³-hybridized carbons (Fsp3) is 0.263. The van der Waals surface area contributed by atoms with E-state index in [1.807, 2.05) is 29.9 Å². The first-order valence-electron chi connectivity index (χ1n) is 8.35. The van der Waals surface area contributed by atoms with E-state index in [1.165, 1.54) is 16.8 Å². The summed E-state index contributed by atoms with van der Waals surface area (Å²) in [5, 5.41) is 7.43. The highest BCUT2D eigenvalue weighted by Gasteiger charge is 2.18. The van der Waals surface area contributed by atoms with Gasteiger partial charge in [-0.05, 0) is 48.9 Å². The van der Waals surface area contributed by atoms with Crippen LogP contribution in [0.1, 0.15) is 16.9 Å². The molecule has 136 valence electrons. The molecular formula is C19H21FN4O2. The molecule has 0 spiro atoms. The lowest BCUT2D eigenvalue weighted by molar-refractivity contribution is 0.0941. The molecule has 3 aromatic rings. The van der Waals surface area contributed by atoms with Gasteiger partial charge in [-0.25, -0.2) is 9.07 Å². The summed E-state index contributed by atoms with van der Waals surface area (Å²) >= 11 is 0. The third-order valence-electron chi connectivity index (χ3n) is 4.03. The van der Waals surface area contributed by atoms with Gasteiger partial charge in [0.1, 0.15) is 17.2 Å². The molecule has 2 heterocycles. The predicted molar refractivity (Wildman–Crippen MR) is 96.8 cm³/mol. The van der Waals surface area contributed by atoms with Crippen LogP contribution in [0, 0.1) is 5.82 Å². The summed E-state index contributed by atoms with van der Waals surface area (Å²) in [5.41, 5.74) is 2.57. The summed E-state index contributed by atoms with van der Waals surface area (Å²) in [7, 11) is 3.54. The highest BCUT2D eigenvalue weighted by Crippen LogP contribution is 2.22. The van der Waals surface area contributed by atoms with Crippen molar-refractivity contribution in [1.82, 2.24) is 19.7 Å². The van der Waals surface area contributed by atoms with Crippen LogP contribution in [0.4, 0.5) is 4.39 Å². The molecule has 0 bridgehead atoms. The summed E-state index contributed by atoms with van der Waals surface area (Å²) < 4.78 is 21.7. The van der Waals surface area contributed by atoms with Crippen molar-refractivity contribution in [3.8, 4) is 17.1 Å². The first-order chi connectivity index (χ1) is 12.6. The number of hydrogen-bond donors (Lipinski definition) is 1. The molecule has 0 unspecified atom stereocenters. The van der Waals surface area contributed by atoms with Crippen LogP contribution in [-0.2, 0) is 11.8 Å². The largest absolute Gasteiger partial charge is 0.385 e. The van der Waals surface area contributed by atoms with Crippen molar-refractivity contribution in [3.63, 3.8) is 0 Å². The van der Waals surface area contributed by atoms with E-state index in [4.69, 9.17) is 4.74 Å². The Kier molecular flexibility index (Phi) is 5.48. The van der Waals surface area contributed by atoms with Gasteiger partial charge in [0, 0.05) is 33.5 Å². The van der Waals surface area contributed by atoms with Crippen molar-refractivity contribution in [2.45, 2.75) is 6.42 Å². The minimum atomic E-state index is -0.339. The minimum Gasteiger partial charge on any atom is -0.385 e. The normalized spacial score (nSPS) is 10.9. The number of nitrogens with zero attached hydrogens (tertiary/aromatic N) is 3. The Morgan fingerprint density at radius 3 is 2.69 bits per heavy atom. The van der Waals surface area contributed by atoms with Gasteiger partial charge >= 0.3 is 0 Å². The molecular weight excluding hydrogens is 335 g/mol. The van der Waals surface area contributed by atoms with Crippen molar-refractivity contribution < 1.29 is 13.9 Å². The Balaban J connectivity index is 1.95. The molecule has 7 heteroatoms. The highest BCUT2D eigenvalue weighted by molar-refractivity contribution is 5.94. The van der Waals surface area contributed by atoms with Crippen LogP contribution in [-0.4, -0.2) is 40.5 Å². The molecule has 1 aromatic carbocycles. The lowest BCUT2D eigenvalue weighted by Gasteiger charge is -2.08. The standard InChI is InChI=1S/C19H21FN4O2/c1-23-11-3-5-17(23)16-13-18(19(25)21-10-4-12-26-2)24(22-16)15-8-6-14(20)7-9-15/h3,5-9,11,13H,4,10,12H2,1-2H3,(H,21,25). The fourth-order valence-corrected chi connectivity index (χ4v) is 2.68. The zero-order valence-electron chi connectivity index (χ0n) is 14.8. The molecule has 0 radical (unpaired) electrons. The average Bonchev–Trinajstić information content (AvgIpc) is 3.25. The monoisotopic (exact) mass is 356 g/mol. The Morgan fingerprint density at radius 2 is 2.04 bits per heavy atom. The van der Waals surface area contributed by atoms with Gasteiger partial charge in [-0.3, -0.25) is 4.79 Å². The molecule has 1 N–H and O–H groups in total. The maximum atomic E-state index is 13.3. The van der Waals surface area contributed by atoms with Crippen LogP contribution in [0.15, 0.2) is 48.7 Å². The van der Waals surface area contributed by atoms with Gasteiger partial charge in [0.15, 0.2) is 0 Å². The molecule has 1 amide bonds. The Bertz CT molecular complexity index is 883. The SMILES string of the molecule is COCCCNC(=O)c1cc(-c2cccn2C)nn1-c1ccc(F)cc1. The van der Waals surface area contributed by atoms with E-state index < -0.39 is 0 Å². The Labute approximate surface area is 151 Å². The minimum absolute atomic E-state index is 0.238. The number of rotatable bonds is 7. The van der Waals surface area contributed by atoms with E-state index in [9.17, 15) is 9.18 Å². The number of hydrogen-bond acceptors (Lipinski definition) is 3. The highest BCUT2D eigenvalue weighted by atomic mass is 19.1. The average molecular weight is 356 g/mol. The second-order valence-electron chi connectivity index (χ2n) is 5.91. The predicted octanol–water partition coefficient (Wildman–Crippen LogP) is 2.78. The molecule has 0 saturated carbocycles. The molecule has 0 atom stereocenters. The number of halogens is 1. The topological polar surface area (TPSA) is 61.1 Å². The summed E-state index contributed by atoms with van der Waals surface area (Å²) in [6.07, 6.45) is 2.63. The second-order valence-corrected chi connectivity index (χ2v) is 5.91. The summed E-state index contributed by atoms with van der Waals surface area (Å²) in [6.45, 7) is 1.08. The fourth-order valence-electron chi connectivity index (χ4n) is 2.68. The smallest absolute Gasteiger partial charge is 0.270 e. The first kappa shape index (κ1) is 17.9. The number of carbonyl (C=O) groups is 1. The van der Waals surface area contributed by atoms with Gasteiger partial charge in [0.05, 0.1) is 11.4 Å². The van der Waals surface area contributed by atoms with Crippen molar-refractivity contribution in [2.75, 3.05) is 20.3 Å². The van der Waals surface area contributed by atoms with Crippen LogP contribution in [0.2, 0.25) is 0 Å². The maximum Gasteiger partial charge on any atom is 0.270 e. The molecule has 6 nitrogen and oxygen atoms in total. The van der Waals surface area contributed by atoms with Gasteiger partial charge in [-0.1, -0.05) is 0 Å². The number of amides is 1. The molecule has 0 aliphatic carbocycles. The van der Waals surface area contributed by atoms with Crippen LogP contribution in [0.25, 0.3) is 17.1 Å². The Hall–Kier alpha value is -2.93.